The van der Waals surface area contributed by atoms with Crippen LogP contribution in [0, 0.1) is 5.92 Å². The highest BCUT2D eigenvalue weighted by atomic mass is 35.5. The summed E-state index contributed by atoms with van der Waals surface area (Å²) in [5, 5.41) is 1.54. The van der Waals surface area contributed by atoms with E-state index in [2.05, 4.69) is 18.8 Å². The molecule has 0 unspecified atom stereocenters. The third kappa shape index (κ3) is 4.01. The number of hydrogen-bond acceptors (Lipinski definition) is 4. The van der Waals surface area contributed by atoms with E-state index in [0.717, 1.165) is 6.42 Å². The second kappa shape index (κ2) is 7.15. The number of benzene rings is 1. The molecule has 0 atom stereocenters. The van der Waals surface area contributed by atoms with Crippen molar-refractivity contribution in [1.29, 1.82) is 0 Å². The van der Waals surface area contributed by atoms with Gasteiger partial charge in [0, 0.05) is 11.6 Å². The third-order valence-electron chi connectivity index (χ3n) is 3.16. The van der Waals surface area contributed by atoms with Crippen LogP contribution in [0.2, 0.25) is 5.02 Å². The smallest absolute Gasteiger partial charge is 0.262 e. The van der Waals surface area contributed by atoms with Crippen LogP contribution in [0.15, 0.2) is 28.2 Å². The molecule has 5 nitrogen and oxygen atoms in total. The van der Waals surface area contributed by atoms with Gasteiger partial charge in [-0.05, 0) is 30.5 Å². The number of amides is 1. The number of rotatable bonds is 6. The molecule has 0 spiro atoms. The molecule has 118 valence electrons. The van der Waals surface area contributed by atoms with Gasteiger partial charge in [-0.15, -0.1) is 0 Å². The van der Waals surface area contributed by atoms with Crippen molar-refractivity contribution >= 4 is 40.2 Å². The predicted molar refractivity (Wildman–Crippen MR) is 90.4 cm³/mol. The molecule has 0 aliphatic carbocycles. The van der Waals surface area contributed by atoms with E-state index in [1.807, 2.05) is 0 Å². The molecular formula is C15H18ClN3O2S. The number of thioether (sulfide) groups is 1. The lowest BCUT2D eigenvalue weighted by Gasteiger charge is -2.13. The fourth-order valence-electron chi connectivity index (χ4n) is 2.00. The van der Waals surface area contributed by atoms with Crippen LogP contribution >= 0.6 is 23.4 Å². The first-order valence-corrected chi connectivity index (χ1v) is 8.36. The van der Waals surface area contributed by atoms with Crippen LogP contribution in [0.4, 0.5) is 0 Å². The number of carbonyl (C=O) groups is 1. The maximum atomic E-state index is 12.7. The Labute approximate surface area is 137 Å². The van der Waals surface area contributed by atoms with Gasteiger partial charge >= 0.3 is 0 Å². The highest BCUT2D eigenvalue weighted by Gasteiger charge is 2.13. The molecule has 22 heavy (non-hydrogen) atoms. The van der Waals surface area contributed by atoms with Crippen LogP contribution in [0.1, 0.15) is 20.3 Å². The average Bonchev–Trinajstić information content (AvgIpc) is 2.43. The lowest BCUT2D eigenvalue weighted by molar-refractivity contribution is -0.115. The average molecular weight is 340 g/mol. The third-order valence-corrected chi connectivity index (χ3v) is 4.39. The summed E-state index contributed by atoms with van der Waals surface area (Å²) in [5.41, 5.74) is 5.61. The van der Waals surface area contributed by atoms with Gasteiger partial charge < -0.3 is 5.73 Å². The van der Waals surface area contributed by atoms with Crippen molar-refractivity contribution in [2.75, 3.05) is 5.75 Å². The van der Waals surface area contributed by atoms with E-state index in [4.69, 9.17) is 17.3 Å². The minimum atomic E-state index is -0.444. The number of nitrogens with two attached hydrogens (primary N) is 1. The molecule has 1 aromatic heterocycles. The summed E-state index contributed by atoms with van der Waals surface area (Å²) < 4.78 is 1.61. The SMILES string of the molecule is CC(C)CCn1c(SCC(N)=O)nc2cc(Cl)ccc2c1=O. The van der Waals surface area contributed by atoms with Crippen LogP contribution < -0.4 is 11.3 Å². The minimum Gasteiger partial charge on any atom is -0.369 e. The number of nitrogens with zero attached hydrogens (tertiary/aromatic N) is 2. The highest BCUT2D eigenvalue weighted by molar-refractivity contribution is 7.99. The van der Waals surface area contributed by atoms with E-state index >= 15 is 0 Å². The van der Waals surface area contributed by atoms with Gasteiger partial charge in [-0.2, -0.15) is 0 Å². The summed E-state index contributed by atoms with van der Waals surface area (Å²) in [6.07, 6.45) is 0.852. The number of fused-ring (bicyclic) bond motifs is 1. The van der Waals surface area contributed by atoms with Crippen molar-refractivity contribution in [3.63, 3.8) is 0 Å². The fourth-order valence-corrected chi connectivity index (χ4v) is 2.93. The summed E-state index contributed by atoms with van der Waals surface area (Å²) in [5.74, 6) is 0.0999. The van der Waals surface area contributed by atoms with E-state index in [1.54, 1.807) is 22.8 Å². The standard InChI is InChI=1S/C15H18ClN3O2S/c1-9(2)5-6-19-14(21)11-4-3-10(16)7-12(11)18-15(19)22-8-13(17)20/h3-4,7,9H,5-6,8H2,1-2H3,(H2,17,20). The fraction of sp³-hybridized carbons (Fsp3) is 0.400. The van der Waals surface area contributed by atoms with Gasteiger partial charge in [-0.3, -0.25) is 14.2 Å². The van der Waals surface area contributed by atoms with Gasteiger partial charge in [-0.1, -0.05) is 37.2 Å². The van der Waals surface area contributed by atoms with Crippen molar-refractivity contribution in [3.8, 4) is 0 Å². The summed E-state index contributed by atoms with van der Waals surface area (Å²) in [6.45, 7) is 4.74. The largest absolute Gasteiger partial charge is 0.369 e. The second-order valence-electron chi connectivity index (χ2n) is 5.45. The Balaban J connectivity index is 2.53. The quantitative estimate of drug-likeness (QED) is 0.648. The molecule has 0 saturated heterocycles. The first kappa shape index (κ1) is 16.8. The van der Waals surface area contributed by atoms with Gasteiger partial charge in [0.15, 0.2) is 5.16 Å². The van der Waals surface area contributed by atoms with E-state index in [9.17, 15) is 9.59 Å². The molecule has 1 heterocycles. The molecule has 0 bridgehead atoms. The zero-order valence-electron chi connectivity index (χ0n) is 12.5. The van der Waals surface area contributed by atoms with Crippen molar-refractivity contribution in [2.45, 2.75) is 32.0 Å². The molecule has 2 aromatic rings. The molecule has 1 amide bonds. The van der Waals surface area contributed by atoms with Gasteiger partial charge in [-0.25, -0.2) is 4.98 Å². The summed E-state index contributed by atoms with van der Waals surface area (Å²) in [6, 6.07) is 5.01. The lowest BCUT2D eigenvalue weighted by Crippen LogP contribution is -2.25. The molecule has 2 rings (SSSR count). The molecule has 7 heteroatoms. The van der Waals surface area contributed by atoms with E-state index in [0.29, 0.717) is 33.5 Å². The summed E-state index contributed by atoms with van der Waals surface area (Å²) >= 11 is 7.14. The maximum Gasteiger partial charge on any atom is 0.262 e. The van der Waals surface area contributed by atoms with Crippen LogP contribution in [-0.4, -0.2) is 21.2 Å². The number of carbonyl (C=O) groups excluding carboxylic acids is 1. The molecule has 0 aliphatic heterocycles. The van der Waals surface area contributed by atoms with Crippen molar-refractivity contribution in [1.82, 2.24) is 9.55 Å². The van der Waals surface area contributed by atoms with Crippen LogP contribution in [0.3, 0.4) is 0 Å². The molecule has 0 aliphatic rings. The Kier molecular flexibility index (Phi) is 5.47. The predicted octanol–water partition coefficient (Wildman–Crippen LogP) is 2.67. The molecule has 0 fully saturated rings. The number of halogens is 1. The zero-order chi connectivity index (χ0) is 16.3. The summed E-state index contributed by atoms with van der Waals surface area (Å²) in [4.78, 5) is 28.2. The zero-order valence-corrected chi connectivity index (χ0v) is 14.1. The Hall–Kier alpha value is -1.53. The Morgan fingerprint density at radius 3 is 2.82 bits per heavy atom. The number of aromatic nitrogens is 2. The first-order chi connectivity index (χ1) is 10.4. The van der Waals surface area contributed by atoms with E-state index < -0.39 is 5.91 Å². The Bertz CT molecular complexity index is 758. The number of primary amides is 1. The number of hydrogen-bond donors (Lipinski definition) is 1. The van der Waals surface area contributed by atoms with Gasteiger partial charge in [0.25, 0.3) is 5.56 Å². The topological polar surface area (TPSA) is 78.0 Å². The van der Waals surface area contributed by atoms with Gasteiger partial charge in [0.2, 0.25) is 5.91 Å². The van der Waals surface area contributed by atoms with Crippen molar-refractivity contribution < 1.29 is 4.79 Å². The van der Waals surface area contributed by atoms with E-state index in [-0.39, 0.29) is 11.3 Å². The van der Waals surface area contributed by atoms with Gasteiger partial charge in [0.1, 0.15) is 0 Å². The lowest BCUT2D eigenvalue weighted by atomic mass is 10.1. The van der Waals surface area contributed by atoms with Gasteiger partial charge in [0.05, 0.1) is 16.7 Å². The highest BCUT2D eigenvalue weighted by Crippen LogP contribution is 2.21. The van der Waals surface area contributed by atoms with Crippen LogP contribution in [0.5, 0.6) is 0 Å². The molecule has 2 N–H and O–H groups in total. The van der Waals surface area contributed by atoms with Crippen LogP contribution in [-0.2, 0) is 11.3 Å². The van der Waals surface area contributed by atoms with Crippen LogP contribution in [0.25, 0.3) is 10.9 Å². The maximum absolute atomic E-state index is 12.7. The molecular weight excluding hydrogens is 322 g/mol. The minimum absolute atomic E-state index is 0.0835. The monoisotopic (exact) mass is 339 g/mol. The Morgan fingerprint density at radius 1 is 1.45 bits per heavy atom. The Morgan fingerprint density at radius 2 is 2.18 bits per heavy atom. The molecule has 0 radical (unpaired) electrons. The molecule has 0 saturated carbocycles. The summed E-state index contributed by atoms with van der Waals surface area (Å²) in [7, 11) is 0. The molecule has 1 aromatic carbocycles. The normalized spacial score (nSPS) is 11.3. The first-order valence-electron chi connectivity index (χ1n) is 6.99. The second-order valence-corrected chi connectivity index (χ2v) is 6.83. The van der Waals surface area contributed by atoms with Crippen molar-refractivity contribution in [2.24, 2.45) is 11.7 Å². The van der Waals surface area contributed by atoms with Crippen molar-refractivity contribution in [3.05, 3.63) is 33.6 Å². The van der Waals surface area contributed by atoms with E-state index in [1.165, 1.54) is 11.8 Å².